The molecule has 0 spiro atoms. The predicted octanol–water partition coefficient (Wildman–Crippen LogP) is 3.23. The number of hydrogen-bond donors (Lipinski definition) is 1. The van der Waals surface area contributed by atoms with Crippen molar-refractivity contribution in [2.24, 2.45) is 0 Å². The molecule has 0 atom stereocenters. The van der Waals surface area contributed by atoms with Crippen molar-refractivity contribution in [2.45, 2.75) is 26.7 Å². The van der Waals surface area contributed by atoms with Crippen molar-refractivity contribution >= 4 is 17.3 Å². The molecule has 0 radical (unpaired) electrons. The molecule has 0 aliphatic heterocycles. The summed E-state index contributed by atoms with van der Waals surface area (Å²) in [6.45, 7) is 4.20. The van der Waals surface area contributed by atoms with E-state index >= 15 is 0 Å². The normalized spacial score (nSPS) is 10.8. The maximum atomic E-state index is 6.03. The molecule has 3 nitrogen and oxygen atoms in total. The minimum atomic E-state index is 0.568. The number of hydrogen-bond acceptors (Lipinski definition) is 2. The molecule has 1 heterocycles. The molecular formula is C13H16ClN3. The largest absolute Gasteiger partial charge is 0.396 e. The SMILES string of the molecule is CCc1cc(CC)n(-c2cccc(Cl)c2N)n1. The van der Waals surface area contributed by atoms with Gasteiger partial charge in [-0.3, -0.25) is 0 Å². The molecule has 0 saturated heterocycles. The molecule has 0 amide bonds. The van der Waals surface area contributed by atoms with Crippen LogP contribution in [0.25, 0.3) is 5.69 Å². The molecule has 0 aliphatic rings. The van der Waals surface area contributed by atoms with E-state index in [-0.39, 0.29) is 0 Å². The smallest absolute Gasteiger partial charge is 0.0893 e. The second kappa shape index (κ2) is 4.80. The number of para-hydroxylation sites is 1. The van der Waals surface area contributed by atoms with E-state index in [0.29, 0.717) is 10.7 Å². The number of aromatic nitrogens is 2. The third kappa shape index (κ3) is 2.15. The lowest BCUT2D eigenvalue weighted by Gasteiger charge is -2.09. The Hall–Kier alpha value is -1.48. The number of aryl methyl sites for hydroxylation is 2. The van der Waals surface area contributed by atoms with Gasteiger partial charge in [-0.2, -0.15) is 5.10 Å². The molecule has 2 N–H and O–H groups in total. The summed E-state index contributed by atoms with van der Waals surface area (Å²) in [4.78, 5) is 0. The lowest BCUT2D eigenvalue weighted by atomic mass is 10.2. The van der Waals surface area contributed by atoms with Crippen LogP contribution in [0.15, 0.2) is 24.3 Å². The van der Waals surface area contributed by atoms with Crippen LogP contribution in [0, 0.1) is 0 Å². The molecule has 2 aromatic rings. The molecule has 1 aromatic carbocycles. The zero-order valence-corrected chi connectivity index (χ0v) is 10.8. The number of rotatable bonds is 3. The molecule has 0 aliphatic carbocycles. The van der Waals surface area contributed by atoms with Crippen LogP contribution in [0.5, 0.6) is 0 Å². The highest BCUT2D eigenvalue weighted by atomic mass is 35.5. The van der Waals surface area contributed by atoms with E-state index < -0.39 is 0 Å². The van der Waals surface area contributed by atoms with Gasteiger partial charge in [-0.25, -0.2) is 4.68 Å². The molecule has 4 heteroatoms. The lowest BCUT2D eigenvalue weighted by molar-refractivity contribution is 0.796. The van der Waals surface area contributed by atoms with Gasteiger partial charge in [0.05, 0.1) is 22.1 Å². The fourth-order valence-corrected chi connectivity index (χ4v) is 1.99. The minimum absolute atomic E-state index is 0.568. The van der Waals surface area contributed by atoms with Gasteiger partial charge < -0.3 is 5.73 Å². The topological polar surface area (TPSA) is 43.8 Å². The summed E-state index contributed by atoms with van der Waals surface area (Å²) in [5.41, 5.74) is 9.65. The molecule has 17 heavy (non-hydrogen) atoms. The number of benzene rings is 1. The molecule has 0 saturated carbocycles. The van der Waals surface area contributed by atoms with Crippen molar-refractivity contribution in [1.29, 1.82) is 0 Å². The van der Waals surface area contributed by atoms with Crippen molar-refractivity contribution in [1.82, 2.24) is 9.78 Å². The van der Waals surface area contributed by atoms with Crippen LogP contribution in [-0.4, -0.2) is 9.78 Å². The maximum Gasteiger partial charge on any atom is 0.0893 e. The van der Waals surface area contributed by atoms with Crippen molar-refractivity contribution in [3.8, 4) is 5.69 Å². The summed E-state index contributed by atoms with van der Waals surface area (Å²) in [5.74, 6) is 0. The highest BCUT2D eigenvalue weighted by Crippen LogP contribution is 2.26. The van der Waals surface area contributed by atoms with Crippen molar-refractivity contribution < 1.29 is 0 Å². The number of halogens is 1. The zero-order chi connectivity index (χ0) is 12.4. The van der Waals surface area contributed by atoms with Gasteiger partial charge in [0, 0.05) is 5.69 Å². The zero-order valence-electron chi connectivity index (χ0n) is 10.1. The number of nitrogens with zero attached hydrogens (tertiary/aromatic N) is 2. The lowest BCUT2D eigenvalue weighted by Crippen LogP contribution is -2.05. The standard InChI is InChI=1S/C13H16ClN3/c1-3-9-8-10(4-2)17(16-9)12-7-5-6-11(14)13(12)15/h5-8H,3-4,15H2,1-2H3. The Morgan fingerprint density at radius 2 is 2.06 bits per heavy atom. The van der Waals surface area contributed by atoms with E-state index in [1.54, 1.807) is 6.07 Å². The fourth-order valence-electron chi connectivity index (χ4n) is 1.82. The van der Waals surface area contributed by atoms with Crippen molar-refractivity contribution in [3.63, 3.8) is 0 Å². The second-order valence-electron chi connectivity index (χ2n) is 3.92. The first-order chi connectivity index (χ1) is 8.17. The van der Waals surface area contributed by atoms with E-state index in [1.807, 2.05) is 16.8 Å². The van der Waals surface area contributed by atoms with E-state index in [0.717, 1.165) is 29.9 Å². The van der Waals surface area contributed by atoms with Crippen LogP contribution in [-0.2, 0) is 12.8 Å². The first-order valence-corrected chi connectivity index (χ1v) is 6.17. The van der Waals surface area contributed by atoms with Gasteiger partial charge in [-0.15, -0.1) is 0 Å². The average Bonchev–Trinajstić information content (AvgIpc) is 2.76. The van der Waals surface area contributed by atoms with Crippen LogP contribution in [0.1, 0.15) is 25.2 Å². The number of anilines is 1. The first kappa shape index (κ1) is 12.0. The summed E-state index contributed by atoms with van der Waals surface area (Å²) in [6.07, 6.45) is 1.83. The highest BCUT2D eigenvalue weighted by molar-refractivity contribution is 6.33. The van der Waals surface area contributed by atoms with Crippen LogP contribution in [0.3, 0.4) is 0 Å². The Morgan fingerprint density at radius 3 is 2.71 bits per heavy atom. The third-order valence-corrected chi connectivity index (χ3v) is 3.15. The maximum absolute atomic E-state index is 6.03. The summed E-state index contributed by atoms with van der Waals surface area (Å²) in [5, 5.41) is 5.12. The van der Waals surface area contributed by atoms with E-state index in [9.17, 15) is 0 Å². The minimum Gasteiger partial charge on any atom is -0.396 e. The summed E-state index contributed by atoms with van der Waals surface area (Å²) >= 11 is 6.03. The predicted molar refractivity (Wildman–Crippen MR) is 71.7 cm³/mol. The van der Waals surface area contributed by atoms with Gasteiger partial charge in [0.1, 0.15) is 0 Å². The van der Waals surface area contributed by atoms with Gasteiger partial charge in [0.2, 0.25) is 0 Å². The Labute approximate surface area is 106 Å². The molecule has 1 aromatic heterocycles. The van der Waals surface area contributed by atoms with Crippen LogP contribution in [0.4, 0.5) is 5.69 Å². The van der Waals surface area contributed by atoms with Gasteiger partial charge in [0.15, 0.2) is 0 Å². The number of nitrogens with two attached hydrogens (primary N) is 1. The molecular weight excluding hydrogens is 234 g/mol. The quantitative estimate of drug-likeness (QED) is 0.849. The first-order valence-electron chi connectivity index (χ1n) is 5.79. The van der Waals surface area contributed by atoms with Crippen LogP contribution >= 0.6 is 11.6 Å². The number of nitrogen functional groups attached to an aromatic ring is 1. The van der Waals surface area contributed by atoms with Crippen LogP contribution in [0.2, 0.25) is 5.02 Å². The van der Waals surface area contributed by atoms with Crippen molar-refractivity contribution in [3.05, 3.63) is 40.7 Å². The van der Waals surface area contributed by atoms with Gasteiger partial charge in [-0.05, 0) is 31.0 Å². The van der Waals surface area contributed by atoms with Gasteiger partial charge in [-0.1, -0.05) is 31.5 Å². The summed E-state index contributed by atoms with van der Waals surface area (Å²) < 4.78 is 1.89. The van der Waals surface area contributed by atoms with Crippen molar-refractivity contribution in [2.75, 3.05) is 5.73 Å². The van der Waals surface area contributed by atoms with Gasteiger partial charge >= 0.3 is 0 Å². The van der Waals surface area contributed by atoms with E-state index in [4.69, 9.17) is 17.3 Å². The Balaban J connectivity index is 2.59. The molecule has 2 rings (SSSR count). The van der Waals surface area contributed by atoms with Gasteiger partial charge in [0.25, 0.3) is 0 Å². The monoisotopic (exact) mass is 249 g/mol. The second-order valence-corrected chi connectivity index (χ2v) is 4.33. The molecule has 90 valence electrons. The molecule has 0 unspecified atom stereocenters. The third-order valence-electron chi connectivity index (χ3n) is 2.82. The van der Waals surface area contributed by atoms with E-state index in [1.165, 1.54) is 0 Å². The molecule has 0 bridgehead atoms. The Kier molecular flexibility index (Phi) is 3.38. The van der Waals surface area contributed by atoms with E-state index in [2.05, 4.69) is 25.0 Å². The summed E-state index contributed by atoms with van der Waals surface area (Å²) in [6, 6.07) is 7.73. The molecule has 0 fully saturated rings. The fraction of sp³-hybridized carbons (Fsp3) is 0.308. The highest BCUT2D eigenvalue weighted by Gasteiger charge is 2.11. The summed E-state index contributed by atoms with van der Waals surface area (Å²) in [7, 11) is 0. The van der Waals surface area contributed by atoms with Crippen LogP contribution < -0.4 is 5.73 Å². The average molecular weight is 250 g/mol. The Bertz CT molecular complexity index is 531. The Morgan fingerprint density at radius 1 is 1.29 bits per heavy atom.